The van der Waals surface area contributed by atoms with Crippen molar-refractivity contribution in [1.82, 2.24) is 5.32 Å². The van der Waals surface area contributed by atoms with Crippen LogP contribution in [0, 0.1) is 5.82 Å². The van der Waals surface area contributed by atoms with Gasteiger partial charge in [0.2, 0.25) is 5.91 Å². The van der Waals surface area contributed by atoms with Gasteiger partial charge in [0.05, 0.1) is 6.54 Å². The molecular formula is C17H19FN2O. The van der Waals surface area contributed by atoms with Crippen LogP contribution in [0.1, 0.15) is 18.1 Å². The summed E-state index contributed by atoms with van der Waals surface area (Å²) < 4.78 is 12.8. The second-order valence-corrected chi connectivity index (χ2v) is 4.78. The van der Waals surface area contributed by atoms with Crippen molar-refractivity contribution in [2.24, 2.45) is 0 Å². The molecule has 2 aromatic rings. The highest BCUT2D eigenvalue weighted by Crippen LogP contribution is 2.09. The molecule has 1 amide bonds. The van der Waals surface area contributed by atoms with Gasteiger partial charge in [0.15, 0.2) is 0 Å². The van der Waals surface area contributed by atoms with Gasteiger partial charge < -0.3 is 10.6 Å². The van der Waals surface area contributed by atoms with Crippen LogP contribution in [0.2, 0.25) is 0 Å². The predicted molar refractivity (Wildman–Crippen MR) is 82.6 cm³/mol. The number of hydrogen-bond acceptors (Lipinski definition) is 2. The highest BCUT2D eigenvalue weighted by Gasteiger charge is 2.04. The topological polar surface area (TPSA) is 41.1 Å². The second kappa shape index (κ2) is 7.55. The summed E-state index contributed by atoms with van der Waals surface area (Å²) in [4.78, 5) is 11.8. The first-order valence-corrected chi connectivity index (χ1v) is 7.02. The smallest absolute Gasteiger partial charge is 0.238 e. The Bertz CT molecular complexity index is 596. The first-order valence-electron chi connectivity index (χ1n) is 7.02. The van der Waals surface area contributed by atoms with E-state index in [9.17, 15) is 9.18 Å². The molecular weight excluding hydrogens is 267 g/mol. The zero-order chi connectivity index (χ0) is 15.1. The third-order valence-electron chi connectivity index (χ3n) is 3.23. The number of halogens is 1. The minimum absolute atomic E-state index is 0.143. The third-order valence-corrected chi connectivity index (χ3v) is 3.23. The molecule has 0 aliphatic rings. The van der Waals surface area contributed by atoms with Crippen molar-refractivity contribution in [3.05, 3.63) is 65.5 Å². The Morgan fingerprint density at radius 3 is 2.38 bits per heavy atom. The molecule has 0 heterocycles. The Morgan fingerprint density at radius 2 is 1.71 bits per heavy atom. The lowest BCUT2D eigenvalue weighted by Gasteiger charge is -2.09. The van der Waals surface area contributed by atoms with Gasteiger partial charge in [0.1, 0.15) is 5.82 Å². The largest absolute Gasteiger partial charge is 0.325 e. The zero-order valence-electron chi connectivity index (χ0n) is 12.0. The normalized spacial score (nSPS) is 10.4. The Labute approximate surface area is 124 Å². The molecule has 4 heteroatoms. The van der Waals surface area contributed by atoms with Gasteiger partial charge in [-0.25, -0.2) is 4.39 Å². The molecule has 0 radical (unpaired) electrons. The fourth-order valence-electron chi connectivity index (χ4n) is 2.12. The average molecular weight is 286 g/mol. The van der Waals surface area contributed by atoms with Crippen LogP contribution in [0.5, 0.6) is 0 Å². The Balaban J connectivity index is 1.80. The highest BCUT2D eigenvalue weighted by atomic mass is 19.1. The van der Waals surface area contributed by atoms with E-state index in [0.717, 1.165) is 6.42 Å². The number of carbonyl (C=O) groups is 1. The number of anilines is 1. The molecule has 3 nitrogen and oxygen atoms in total. The van der Waals surface area contributed by atoms with Gasteiger partial charge in [-0.15, -0.1) is 0 Å². The fourth-order valence-corrected chi connectivity index (χ4v) is 2.12. The number of nitrogens with one attached hydrogen (secondary N) is 2. The number of benzene rings is 2. The lowest BCUT2D eigenvalue weighted by atomic mass is 10.1. The average Bonchev–Trinajstić information content (AvgIpc) is 2.50. The molecule has 0 saturated heterocycles. The summed E-state index contributed by atoms with van der Waals surface area (Å²) >= 11 is 0. The van der Waals surface area contributed by atoms with E-state index in [2.05, 4.69) is 29.7 Å². The maximum Gasteiger partial charge on any atom is 0.238 e. The van der Waals surface area contributed by atoms with Gasteiger partial charge in [0, 0.05) is 12.2 Å². The molecule has 0 saturated carbocycles. The second-order valence-electron chi connectivity index (χ2n) is 4.78. The van der Waals surface area contributed by atoms with E-state index >= 15 is 0 Å². The molecule has 0 aliphatic carbocycles. The van der Waals surface area contributed by atoms with E-state index in [0.29, 0.717) is 12.2 Å². The van der Waals surface area contributed by atoms with Crippen LogP contribution in [0.3, 0.4) is 0 Å². The van der Waals surface area contributed by atoms with E-state index in [-0.39, 0.29) is 18.3 Å². The molecule has 21 heavy (non-hydrogen) atoms. The van der Waals surface area contributed by atoms with E-state index in [1.165, 1.54) is 23.3 Å². The maximum absolute atomic E-state index is 12.8. The van der Waals surface area contributed by atoms with Crippen LogP contribution in [0.4, 0.5) is 10.1 Å². The van der Waals surface area contributed by atoms with Crippen molar-refractivity contribution in [3.8, 4) is 0 Å². The van der Waals surface area contributed by atoms with Crippen LogP contribution in [0.25, 0.3) is 0 Å². The van der Waals surface area contributed by atoms with Gasteiger partial charge in [-0.2, -0.15) is 0 Å². The van der Waals surface area contributed by atoms with Gasteiger partial charge in [-0.3, -0.25) is 4.79 Å². The summed E-state index contributed by atoms with van der Waals surface area (Å²) in [5.74, 6) is -0.460. The summed E-state index contributed by atoms with van der Waals surface area (Å²) in [5, 5.41) is 5.84. The van der Waals surface area contributed by atoms with E-state index < -0.39 is 0 Å². The van der Waals surface area contributed by atoms with Crippen molar-refractivity contribution in [2.75, 3.05) is 11.9 Å². The number of aryl methyl sites for hydroxylation is 1. The molecule has 0 spiro atoms. The molecule has 0 bridgehead atoms. The highest BCUT2D eigenvalue weighted by molar-refractivity contribution is 5.92. The van der Waals surface area contributed by atoms with Crippen LogP contribution in [-0.2, 0) is 17.8 Å². The molecule has 2 N–H and O–H groups in total. The third kappa shape index (κ3) is 4.68. The standard InChI is InChI=1S/C17H19FN2O/c1-2-13-5-3-4-6-14(13)11-19-12-17(21)20-16-9-7-15(18)8-10-16/h3-10,19H,2,11-12H2,1H3,(H,20,21). The van der Waals surface area contributed by atoms with E-state index in [4.69, 9.17) is 0 Å². The monoisotopic (exact) mass is 286 g/mol. The van der Waals surface area contributed by atoms with Gasteiger partial charge in [-0.1, -0.05) is 31.2 Å². The molecule has 0 unspecified atom stereocenters. The minimum atomic E-state index is -0.317. The van der Waals surface area contributed by atoms with Crippen molar-refractivity contribution < 1.29 is 9.18 Å². The van der Waals surface area contributed by atoms with Gasteiger partial charge >= 0.3 is 0 Å². The molecule has 0 atom stereocenters. The molecule has 2 rings (SSSR count). The van der Waals surface area contributed by atoms with Crippen LogP contribution in [-0.4, -0.2) is 12.5 Å². The van der Waals surface area contributed by atoms with Crippen molar-refractivity contribution in [1.29, 1.82) is 0 Å². The van der Waals surface area contributed by atoms with E-state index in [1.807, 2.05) is 12.1 Å². The fraction of sp³-hybridized carbons (Fsp3) is 0.235. The van der Waals surface area contributed by atoms with Crippen molar-refractivity contribution in [3.63, 3.8) is 0 Å². The first kappa shape index (κ1) is 15.2. The zero-order valence-corrected chi connectivity index (χ0v) is 12.0. The molecule has 0 aromatic heterocycles. The van der Waals surface area contributed by atoms with E-state index in [1.54, 1.807) is 12.1 Å². The SMILES string of the molecule is CCc1ccccc1CNCC(=O)Nc1ccc(F)cc1. The summed E-state index contributed by atoms with van der Waals surface area (Å²) in [6, 6.07) is 13.9. The minimum Gasteiger partial charge on any atom is -0.325 e. The molecule has 0 aliphatic heterocycles. The molecule has 110 valence electrons. The Morgan fingerprint density at radius 1 is 1.05 bits per heavy atom. The molecule has 2 aromatic carbocycles. The molecule has 0 fully saturated rings. The lowest BCUT2D eigenvalue weighted by molar-refractivity contribution is -0.115. The Hall–Kier alpha value is -2.20. The summed E-state index contributed by atoms with van der Waals surface area (Å²) in [5.41, 5.74) is 3.08. The summed E-state index contributed by atoms with van der Waals surface area (Å²) in [6.45, 7) is 2.98. The van der Waals surface area contributed by atoms with Crippen molar-refractivity contribution >= 4 is 11.6 Å². The van der Waals surface area contributed by atoms with Crippen LogP contribution >= 0.6 is 0 Å². The first-order chi connectivity index (χ1) is 10.2. The van der Waals surface area contributed by atoms with Crippen LogP contribution in [0.15, 0.2) is 48.5 Å². The van der Waals surface area contributed by atoms with Crippen molar-refractivity contribution in [2.45, 2.75) is 19.9 Å². The summed E-state index contributed by atoms with van der Waals surface area (Å²) in [7, 11) is 0. The summed E-state index contributed by atoms with van der Waals surface area (Å²) in [6.07, 6.45) is 0.972. The number of rotatable bonds is 6. The maximum atomic E-state index is 12.8. The van der Waals surface area contributed by atoms with Gasteiger partial charge in [0.25, 0.3) is 0 Å². The Kier molecular flexibility index (Phi) is 5.46. The van der Waals surface area contributed by atoms with Gasteiger partial charge in [-0.05, 0) is 41.8 Å². The van der Waals surface area contributed by atoms with Crippen LogP contribution < -0.4 is 10.6 Å². The quantitative estimate of drug-likeness (QED) is 0.856. The number of carbonyl (C=O) groups excluding carboxylic acids is 1. The number of amides is 1. The number of hydrogen-bond donors (Lipinski definition) is 2. The lowest BCUT2D eigenvalue weighted by Crippen LogP contribution is -2.28. The predicted octanol–water partition coefficient (Wildman–Crippen LogP) is 3.12.